The second-order valence-corrected chi connectivity index (χ2v) is 6.48. The molecule has 0 saturated carbocycles. The van der Waals surface area contributed by atoms with E-state index in [4.69, 9.17) is 27.9 Å². The third-order valence-corrected chi connectivity index (χ3v) is 4.17. The van der Waals surface area contributed by atoms with E-state index in [0.717, 1.165) is 11.3 Å². The van der Waals surface area contributed by atoms with Crippen molar-refractivity contribution in [3.8, 4) is 5.75 Å². The average molecular weight is 352 g/mol. The Labute approximate surface area is 146 Å². The normalized spacial score (nSPS) is 10.7. The highest BCUT2D eigenvalue weighted by Crippen LogP contribution is 2.34. The molecule has 2 aromatic carbocycles. The molecule has 0 fully saturated rings. The summed E-state index contributed by atoms with van der Waals surface area (Å²) in [5.74, 6) is 0.139. The minimum atomic E-state index is -0.263. The number of nitrogens with one attached hydrogen (secondary N) is 1. The van der Waals surface area contributed by atoms with Crippen LogP contribution in [0, 0.1) is 13.8 Å². The van der Waals surface area contributed by atoms with E-state index in [-0.39, 0.29) is 17.0 Å². The van der Waals surface area contributed by atoms with Crippen molar-refractivity contribution in [2.24, 2.45) is 0 Å². The quantitative estimate of drug-likeness (QED) is 0.772. The first kappa shape index (κ1) is 17.6. The van der Waals surface area contributed by atoms with Crippen molar-refractivity contribution in [3.63, 3.8) is 0 Å². The maximum atomic E-state index is 12.4. The minimum Gasteiger partial charge on any atom is -0.489 e. The standard InChI is InChI=1S/C18H19Cl2NO2/c1-10(2)23-16-9-13(8-15(19)17(16)20)18(22)21-14-6-5-11(3)12(4)7-14/h5-10H,1-4H3,(H,21,22). The molecule has 3 nitrogen and oxygen atoms in total. The Balaban J connectivity index is 2.28. The van der Waals surface area contributed by atoms with Crippen molar-refractivity contribution in [2.75, 3.05) is 5.32 Å². The summed E-state index contributed by atoms with van der Waals surface area (Å²) in [6, 6.07) is 8.89. The summed E-state index contributed by atoms with van der Waals surface area (Å²) in [6.07, 6.45) is -0.0679. The van der Waals surface area contributed by atoms with Gasteiger partial charge < -0.3 is 10.1 Å². The molecule has 0 radical (unpaired) electrons. The summed E-state index contributed by atoms with van der Waals surface area (Å²) in [6.45, 7) is 7.78. The summed E-state index contributed by atoms with van der Waals surface area (Å²) in [5, 5.41) is 3.45. The van der Waals surface area contributed by atoms with Crippen LogP contribution in [0.15, 0.2) is 30.3 Å². The van der Waals surface area contributed by atoms with Crippen LogP contribution in [0.2, 0.25) is 10.0 Å². The van der Waals surface area contributed by atoms with Gasteiger partial charge in [0.15, 0.2) is 0 Å². The number of benzene rings is 2. The lowest BCUT2D eigenvalue weighted by atomic mass is 10.1. The second kappa shape index (κ2) is 7.24. The van der Waals surface area contributed by atoms with E-state index in [9.17, 15) is 4.79 Å². The summed E-state index contributed by atoms with van der Waals surface area (Å²) in [4.78, 5) is 12.4. The van der Waals surface area contributed by atoms with Crippen molar-refractivity contribution < 1.29 is 9.53 Å². The van der Waals surface area contributed by atoms with Gasteiger partial charge in [-0.3, -0.25) is 4.79 Å². The van der Waals surface area contributed by atoms with Crippen LogP contribution in [-0.4, -0.2) is 12.0 Å². The minimum absolute atomic E-state index is 0.0679. The number of carbonyl (C=O) groups is 1. The molecule has 0 aliphatic carbocycles. The highest BCUT2D eigenvalue weighted by atomic mass is 35.5. The van der Waals surface area contributed by atoms with Gasteiger partial charge in [0.1, 0.15) is 10.8 Å². The molecule has 1 N–H and O–H groups in total. The zero-order valence-electron chi connectivity index (χ0n) is 13.5. The Morgan fingerprint density at radius 2 is 1.78 bits per heavy atom. The second-order valence-electron chi connectivity index (χ2n) is 5.69. The molecule has 0 saturated heterocycles. The summed E-state index contributed by atoms with van der Waals surface area (Å²) in [7, 11) is 0. The molecule has 0 heterocycles. The average Bonchev–Trinajstić information content (AvgIpc) is 2.47. The molecular formula is C18H19Cl2NO2. The van der Waals surface area contributed by atoms with E-state index >= 15 is 0 Å². The molecule has 2 rings (SSSR count). The number of anilines is 1. The first-order chi connectivity index (χ1) is 10.8. The molecule has 0 bridgehead atoms. The Morgan fingerprint density at radius 1 is 1.09 bits per heavy atom. The topological polar surface area (TPSA) is 38.3 Å². The maximum Gasteiger partial charge on any atom is 0.255 e. The van der Waals surface area contributed by atoms with Crippen molar-refractivity contribution in [1.82, 2.24) is 0 Å². The van der Waals surface area contributed by atoms with Gasteiger partial charge in [0.25, 0.3) is 5.91 Å². The molecule has 2 aromatic rings. The van der Waals surface area contributed by atoms with Crippen LogP contribution in [0.5, 0.6) is 5.75 Å². The van der Waals surface area contributed by atoms with Crippen LogP contribution in [0.25, 0.3) is 0 Å². The number of ether oxygens (including phenoxy) is 1. The number of carbonyl (C=O) groups excluding carboxylic acids is 1. The van der Waals surface area contributed by atoms with Gasteiger partial charge in [0.05, 0.1) is 11.1 Å². The number of hydrogen-bond acceptors (Lipinski definition) is 2. The van der Waals surface area contributed by atoms with Crippen LogP contribution in [0.1, 0.15) is 35.3 Å². The van der Waals surface area contributed by atoms with Crippen LogP contribution < -0.4 is 10.1 Å². The number of aryl methyl sites for hydroxylation is 2. The molecule has 0 spiro atoms. The van der Waals surface area contributed by atoms with Gasteiger partial charge >= 0.3 is 0 Å². The lowest BCUT2D eigenvalue weighted by molar-refractivity contribution is 0.102. The predicted octanol–water partition coefficient (Wildman–Crippen LogP) is 5.65. The molecule has 122 valence electrons. The number of hydrogen-bond donors (Lipinski definition) is 1. The van der Waals surface area contributed by atoms with Crippen molar-refractivity contribution in [3.05, 3.63) is 57.1 Å². The van der Waals surface area contributed by atoms with Crippen LogP contribution in [0.3, 0.4) is 0 Å². The Morgan fingerprint density at radius 3 is 2.39 bits per heavy atom. The Hall–Kier alpha value is -1.71. The predicted molar refractivity (Wildman–Crippen MR) is 96.1 cm³/mol. The fourth-order valence-electron chi connectivity index (χ4n) is 2.06. The third-order valence-electron chi connectivity index (χ3n) is 3.38. The van der Waals surface area contributed by atoms with E-state index in [1.54, 1.807) is 6.07 Å². The van der Waals surface area contributed by atoms with Gasteiger partial charge in [0.2, 0.25) is 0 Å². The first-order valence-electron chi connectivity index (χ1n) is 7.32. The molecule has 0 unspecified atom stereocenters. The molecule has 0 atom stereocenters. The van der Waals surface area contributed by atoms with Gasteiger partial charge in [-0.15, -0.1) is 0 Å². The monoisotopic (exact) mass is 351 g/mol. The van der Waals surface area contributed by atoms with E-state index in [1.165, 1.54) is 11.6 Å². The van der Waals surface area contributed by atoms with E-state index in [2.05, 4.69) is 5.32 Å². The van der Waals surface area contributed by atoms with Gasteiger partial charge in [-0.05, 0) is 63.1 Å². The zero-order chi connectivity index (χ0) is 17.1. The van der Waals surface area contributed by atoms with Crippen molar-refractivity contribution in [1.29, 1.82) is 0 Å². The molecular weight excluding hydrogens is 333 g/mol. The summed E-state index contributed by atoms with van der Waals surface area (Å²) >= 11 is 12.2. The van der Waals surface area contributed by atoms with E-state index in [1.807, 2.05) is 45.9 Å². The molecule has 0 aliphatic heterocycles. The highest BCUT2D eigenvalue weighted by molar-refractivity contribution is 6.43. The van der Waals surface area contributed by atoms with Gasteiger partial charge in [0, 0.05) is 11.3 Å². The van der Waals surface area contributed by atoms with Crippen molar-refractivity contribution >= 4 is 34.8 Å². The Kier molecular flexibility index (Phi) is 5.55. The number of amides is 1. The summed E-state index contributed by atoms with van der Waals surface area (Å²) in [5.41, 5.74) is 3.41. The van der Waals surface area contributed by atoms with Gasteiger partial charge in [-0.2, -0.15) is 0 Å². The first-order valence-corrected chi connectivity index (χ1v) is 8.08. The summed E-state index contributed by atoms with van der Waals surface area (Å²) < 4.78 is 5.61. The molecule has 1 amide bonds. The zero-order valence-corrected chi connectivity index (χ0v) is 15.0. The smallest absolute Gasteiger partial charge is 0.255 e. The van der Waals surface area contributed by atoms with Crippen LogP contribution >= 0.6 is 23.2 Å². The lowest BCUT2D eigenvalue weighted by Crippen LogP contribution is -2.13. The van der Waals surface area contributed by atoms with E-state index < -0.39 is 0 Å². The molecule has 23 heavy (non-hydrogen) atoms. The van der Waals surface area contributed by atoms with E-state index in [0.29, 0.717) is 16.3 Å². The number of halogens is 2. The highest BCUT2D eigenvalue weighted by Gasteiger charge is 2.15. The SMILES string of the molecule is Cc1ccc(NC(=O)c2cc(Cl)c(Cl)c(OC(C)C)c2)cc1C. The largest absolute Gasteiger partial charge is 0.489 e. The van der Waals surface area contributed by atoms with Gasteiger partial charge in [-0.1, -0.05) is 29.3 Å². The number of rotatable bonds is 4. The van der Waals surface area contributed by atoms with Crippen molar-refractivity contribution in [2.45, 2.75) is 33.8 Å². The van der Waals surface area contributed by atoms with Crippen LogP contribution in [-0.2, 0) is 0 Å². The lowest BCUT2D eigenvalue weighted by Gasteiger charge is -2.14. The van der Waals surface area contributed by atoms with Gasteiger partial charge in [-0.25, -0.2) is 0 Å². The fraction of sp³-hybridized carbons (Fsp3) is 0.278. The Bertz CT molecular complexity index is 742. The fourth-order valence-corrected chi connectivity index (χ4v) is 2.42. The third kappa shape index (κ3) is 4.40. The molecule has 5 heteroatoms. The van der Waals surface area contributed by atoms with Crippen LogP contribution in [0.4, 0.5) is 5.69 Å². The maximum absolute atomic E-state index is 12.4. The molecule has 0 aliphatic rings. The molecule has 0 aromatic heterocycles.